The zero-order valence-corrected chi connectivity index (χ0v) is 16.8. The summed E-state index contributed by atoms with van der Waals surface area (Å²) in [7, 11) is -3.52. The minimum Gasteiger partial charge on any atom is -0.493 e. The fraction of sp³-hybridized carbons (Fsp3) is 0.350. The van der Waals surface area contributed by atoms with Crippen molar-refractivity contribution in [2.75, 3.05) is 19.5 Å². The highest BCUT2D eigenvalue weighted by Gasteiger charge is 2.14. The maximum absolute atomic E-state index is 11.2. The lowest BCUT2D eigenvalue weighted by Crippen LogP contribution is -2.17. The first-order valence-corrected chi connectivity index (χ1v) is 10.7. The van der Waals surface area contributed by atoms with E-state index in [1.54, 1.807) is 24.3 Å². The van der Waals surface area contributed by atoms with Gasteiger partial charge in [0, 0.05) is 13.0 Å². The van der Waals surface area contributed by atoms with E-state index in [2.05, 4.69) is 0 Å². The number of carbonyl (C=O) groups is 1. The van der Waals surface area contributed by atoms with E-state index in [1.807, 2.05) is 31.2 Å². The number of amides is 1. The van der Waals surface area contributed by atoms with Gasteiger partial charge in [0.2, 0.25) is 5.91 Å². The van der Waals surface area contributed by atoms with Gasteiger partial charge in [-0.3, -0.25) is 4.79 Å². The van der Waals surface area contributed by atoms with Gasteiger partial charge in [0.1, 0.15) is 11.5 Å². The Labute approximate surface area is 165 Å². The van der Waals surface area contributed by atoms with Gasteiger partial charge < -0.3 is 19.4 Å². The van der Waals surface area contributed by atoms with Crippen molar-refractivity contribution >= 4 is 16.0 Å². The Morgan fingerprint density at radius 2 is 1.64 bits per heavy atom. The molecule has 7 nitrogen and oxygen atoms in total. The third-order valence-corrected chi connectivity index (χ3v) is 4.33. The van der Waals surface area contributed by atoms with Crippen molar-refractivity contribution < 1.29 is 26.9 Å². The highest BCUT2D eigenvalue weighted by Crippen LogP contribution is 2.23. The first-order chi connectivity index (χ1) is 13.3. The molecule has 28 heavy (non-hydrogen) atoms. The quantitative estimate of drug-likeness (QED) is 0.574. The molecule has 2 aromatic rings. The molecule has 1 atom stereocenters. The molecule has 0 spiro atoms. The first-order valence-electron chi connectivity index (χ1n) is 8.88. The number of primary amides is 1. The van der Waals surface area contributed by atoms with Crippen LogP contribution in [-0.4, -0.2) is 33.8 Å². The van der Waals surface area contributed by atoms with E-state index in [9.17, 15) is 13.2 Å². The van der Waals surface area contributed by atoms with Gasteiger partial charge in [-0.2, -0.15) is 8.42 Å². The summed E-state index contributed by atoms with van der Waals surface area (Å²) >= 11 is 0. The lowest BCUT2D eigenvalue weighted by atomic mass is 10.1. The molecule has 2 N–H and O–H groups in total. The summed E-state index contributed by atoms with van der Waals surface area (Å²) in [5, 5.41) is 0. The van der Waals surface area contributed by atoms with Gasteiger partial charge in [0.15, 0.2) is 0 Å². The summed E-state index contributed by atoms with van der Waals surface area (Å²) in [4.78, 5) is 11.2. The Hall–Kier alpha value is -2.58. The minimum atomic E-state index is -3.52. The molecule has 1 unspecified atom stereocenters. The summed E-state index contributed by atoms with van der Waals surface area (Å²) < 4.78 is 38.3. The lowest BCUT2D eigenvalue weighted by molar-refractivity contribution is -0.120. The van der Waals surface area contributed by atoms with E-state index in [1.165, 1.54) is 0 Å². The van der Waals surface area contributed by atoms with Crippen molar-refractivity contribution in [1.82, 2.24) is 0 Å². The van der Waals surface area contributed by atoms with Gasteiger partial charge in [0.05, 0.1) is 25.4 Å². The van der Waals surface area contributed by atoms with Crippen LogP contribution < -0.4 is 14.7 Å². The molecular formula is C20H25NO6S. The SMILES string of the molecule is CCOC(CC(N)=O)c1ccc(OCCc2ccc(OS(C)(=O)=O)cc2)cc1. The molecule has 0 bridgehead atoms. The van der Waals surface area contributed by atoms with Gasteiger partial charge in [-0.05, 0) is 42.3 Å². The highest BCUT2D eigenvalue weighted by molar-refractivity contribution is 7.86. The number of carbonyl (C=O) groups excluding carboxylic acids is 1. The van der Waals surface area contributed by atoms with Crippen LogP contribution in [0.3, 0.4) is 0 Å². The zero-order chi connectivity index (χ0) is 20.6. The van der Waals surface area contributed by atoms with E-state index < -0.39 is 16.0 Å². The van der Waals surface area contributed by atoms with E-state index in [4.69, 9.17) is 19.4 Å². The monoisotopic (exact) mass is 407 g/mol. The molecule has 1 amide bonds. The second-order valence-corrected chi connectivity index (χ2v) is 7.79. The predicted molar refractivity (Wildman–Crippen MR) is 106 cm³/mol. The van der Waals surface area contributed by atoms with Crippen molar-refractivity contribution in [3.05, 3.63) is 59.7 Å². The average molecular weight is 407 g/mol. The molecule has 8 heteroatoms. The Kier molecular flexibility index (Phi) is 7.83. The summed E-state index contributed by atoms with van der Waals surface area (Å²) in [5.41, 5.74) is 7.14. The average Bonchev–Trinajstić information content (AvgIpc) is 2.62. The fourth-order valence-electron chi connectivity index (χ4n) is 2.61. The Morgan fingerprint density at radius 3 is 2.18 bits per heavy atom. The van der Waals surface area contributed by atoms with Gasteiger partial charge in [-0.25, -0.2) is 0 Å². The van der Waals surface area contributed by atoms with Crippen LogP contribution in [0.25, 0.3) is 0 Å². The second kappa shape index (κ2) is 10.1. The lowest BCUT2D eigenvalue weighted by Gasteiger charge is -2.16. The molecule has 0 aliphatic rings. The molecule has 0 fully saturated rings. The normalized spacial score (nSPS) is 12.4. The summed E-state index contributed by atoms with van der Waals surface area (Å²) in [6, 6.07) is 14.2. The molecule has 0 aliphatic heterocycles. The molecular weight excluding hydrogens is 382 g/mol. The first kappa shape index (κ1) is 21.7. The highest BCUT2D eigenvalue weighted by atomic mass is 32.2. The molecule has 152 valence electrons. The van der Waals surface area contributed by atoms with Gasteiger partial charge in [0.25, 0.3) is 0 Å². The van der Waals surface area contributed by atoms with Crippen molar-refractivity contribution in [2.45, 2.75) is 25.9 Å². The zero-order valence-electron chi connectivity index (χ0n) is 16.0. The molecule has 0 aliphatic carbocycles. The van der Waals surface area contributed by atoms with Crippen molar-refractivity contribution in [1.29, 1.82) is 0 Å². The predicted octanol–water partition coefficient (Wildman–Crippen LogP) is 2.60. The van der Waals surface area contributed by atoms with Gasteiger partial charge >= 0.3 is 10.1 Å². The second-order valence-electron chi connectivity index (χ2n) is 6.21. The van der Waals surface area contributed by atoms with Crippen LogP contribution in [0, 0.1) is 0 Å². The van der Waals surface area contributed by atoms with Crippen LogP contribution in [0.5, 0.6) is 11.5 Å². The number of hydrogen-bond acceptors (Lipinski definition) is 6. The van der Waals surface area contributed by atoms with Gasteiger partial charge in [-0.1, -0.05) is 24.3 Å². The van der Waals surface area contributed by atoms with Gasteiger partial charge in [-0.15, -0.1) is 0 Å². The molecule has 2 aromatic carbocycles. The van der Waals surface area contributed by atoms with Crippen molar-refractivity contribution in [3.63, 3.8) is 0 Å². The maximum atomic E-state index is 11.2. The molecule has 0 saturated heterocycles. The largest absolute Gasteiger partial charge is 0.493 e. The molecule has 2 rings (SSSR count). The summed E-state index contributed by atoms with van der Waals surface area (Å²) in [6.45, 7) is 2.82. The standard InChI is InChI=1S/C20H25NO6S/c1-3-25-19(14-20(21)22)16-6-10-17(11-7-16)26-13-12-15-4-8-18(9-5-15)27-28(2,23)24/h4-11,19H,3,12-14H2,1-2H3,(H2,21,22). The molecule has 0 aromatic heterocycles. The third kappa shape index (κ3) is 7.58. The van der Waals surface area contributed by atoms with Crippen LogP contribution in [0.4, 0.5) is 0 Å². The van der Waals surface area contributed by atoms with Crippen LogP contribution in [0.15, 0.2) is 48.5 Å². The topological polar surface area (TPSA) is 105 Å². The van der Waals surface area contributed by atoms with E-state index >= 15 is 0 Å². The van der Waals surface area contributed by atoms with Crippen molar-refractivity contribution in [3.8, 4) is 11.5 Å². The number of rotatable bonds is 11. The minimum absolute atomic E-state index is 0.132. The third-order valence-electron chi connectivity index (χ3n) is 3.84. The van der Waals surface area contributed by atoms with Crippen LogP contribution >= 0.6 is 0 Å². The van der Waals surface area contributed by atoms with Crippen LogP contribution in [-0.2, 0) is 26.1 Å². The number of hydrogen-bond donors (Lipinski definition) is 1. The summed E-state index contributed by atoms with van der Waals surface area (Å²) in [6.07, 6.45) is 1.44. The Bertz CT molecular complexity index is 863. The molecule has 0 radical (unpaired) electrons. The number of benzene rings is 2. The smallest absolute Gasteiger partial charge is 0.306 e. The molecule has 0 heterocycles. The molecule has 0 saturated carbocycles. The van der Waals surface area contributed by atoms with E-state index in [0.717, 1.165) is 17.4 Å². The fourth-order valence-corrected chi connectivity index (χ4v) is 3.07. The van der Waals surface area contributed by atoms with Crippen LogP contribution in [0.2, 0.25) is 0 Å². The van der Waals surface area contributed by atoms with E-state index in [0.29, 0.717) is 25.4 Å². The summed E-state index contributed by atoms with van der Waals surface area (Å²) in [5.74, 6) is 0.574. The number of ether oxygens (including phenoxy) is 2. The van der Waals surface area contributed by atoms with E-state index in [-0.39, 0.29) is 18.3 Å². The number of nitrogens with two attached hydrogens (primary N) is 1. The maximum Gasteiger partial charge on any atom is 0.306 e. The van der Waals surface area contributed by atoms with Crippen LogP contribution in [0.1, 0.15) is 30.6 Å². The Balaban J connectivity index is 1.86. The Morgan fingerprint density at radius 1 is 1.04 bits per heavy atom. The van der Waals surface area contributed by atoms with Crippen molar-refractivity contribution in [2.24, 2.45) is 5.73 Å².